The fourth-order valence-corrected chi connectivity index (χ4v) is 4.21. The third-order valence-electron chi connectivity index (χ3n) is 4.85. The summed E-state index contributed by atoms with van der Waals surface area (Å²) in [5.41, 5.74) is 3.69. The molecule has 29 heavy (non-hydrogen) atoms. The molecule has 1 aliphatic heterocycles. The van der Waals surface area contributed by atoms with E-state index in [1.165, 1.54) is 11.1 Å². The van der Waals surface area contributed by atoms with E-state index in [2.05, 4.69) is 53.5 Å². The standard InChI is InChI=1S/C21H30N4O2S.HI/c1-21(2,3)19-24-16(13-28-19)11-23-20(22-4)25-8-7-14-9-17(26-5)18(27-6)10-15(14)12-25;/h9-10,13H,7-8,11-12H2,1-6H3,(H,22,23);1H. The van der Waals surface area contributed by atoms with Gasteiger partial charge in [-0.05, 0) is 29.7 Å². The molecule has 0 radical (unpaired) electrons. The van der Waals surface area contributed by atoms with E-state index in [4.69, 9.17) is 14.5 Å². The highest BCUT2D eigenvalue weighted by atomic mass is 127. The molecule has 6 nitrogen and oxygen atoms in total. The lowest BCUT2D eigenvalue weighted by Gasteiger charge is -2.32. The van der Waals surface area contributed by atoms with Crippen LogP contribution in [0.15, 0.2) is 22.5 Å². The van der Waals surface area contributed by atoms with Crippen LogP contribution in [0.4, 0.5) is 0 Å². The lowest BCUT2D eigenvalue weighted by molar-refractivity contribution is 0.346. The Morgan fingerprint density at radius 1 is 1.21 bits per heavy atom. The molecule has 1 aromatic carbocycles. The van der Waals surface area contributed by atoms with E-state index in [-0.39, 0.29) is 29.4 Å². The minimum atomic E-state index is 0. The van der Waals surface area contributed by atoms with Gasteiger partial charge in [0, 0.05) is 30.9 Å². The molecule has 1 N–H and O–H groups in total. The van der Waals surface area contributed by atoms with E-state index in [9.17, 15) is 0 Å². The summed E-state index contributed by atoms with van der Waals surface area (Å²) in [6.45, 7) is 8.95. The van der Waals surface area contributed by atoms with Gasteiger partial charge >= 0.3 is 0 Å². The van der Waals surface area contributed by atoms with Crippen LogP contribution in [0.1, 0.15) is 42.6 Å². The number of benzene rings is 1. The van der Waals surface area contributed by atoms with Crippen molar-refractivity contribution in [2.45, 2.75) is 45.7 Å². The molecule has 0 bridgehead atoms. The maximum absolute atomic E-state index is 5.46. The Balaban J connectivity index is 0.00000300. The van der Waals surface area contributed by atoms with Crippen molar-refractivity contribution in [3.05, 3.63) is 39.3 Å². The van der Waals surface area contributed by atoms with Crippen LogP contribution in [0, 0.1) is 0 Å². The summed E-state index contributed by atoms with van der Waals surface area (Å²) in [4.78, 5) is 11.5. The predicted molar refractivity (Wildman–Crippen MR) is 130 cm³/mol. The SMILES string of the molecule is CN=C(NCc1csc(C(C)(C)C)n1)N1CCc2cc(OC)c(OC)cc2C1.I. The van der Waals surface area contributed by atoms with Crippen molar-refractivity contribution < 1.29 is 9.47 Å². The van der Waals surface area contributed by atoms with Crippen molar-refractivity contribution in [1.29, 1.82) is 0 Å². The zero-order valence-electron chi connectivity index (χ0n) is 18.0. The first-order valence-electron chi connectivity index (χ1n) is 9.50. The highest BCUT2D eigenvalue weighted by Crippen LogP contribution is 2.33. The van der Waals surface area contributed by atoms with E-state index in [1.54, 1.807) is 25.6 Å². The lowest BCUT2D eigenvalue weighted by Crippen LogP contribution is -2.43. The average molecular weight is 530 g/mol. The number of fused-ring (bicyclic) bond motifs is 1. The molecule has 0 saturated carbocycles. The highest BCUT2D eigenvalue weighted by molar-refractivity contribution is 14.0. The number of nitrogens with zero attached hydrogens (tertiary/aromatic N) is 3. The minimum Gasteiger partial charge on any atom is -0.493 e. The second-order valence-corrected chi connectivity index (χ2v) is 8.80. The molecular formula is C21H31IN4O2S. The van der Waals surface area contributed by atoms with Gasteiger partial charge in [-0.25, -0.2) is 4.98 Å². The number of halogens is 1. The van der Waals surface area contributed by atoms with Gasteiger partial charge in [0.05, 0.1) is 31.5 Å². The molecule has 1 aromatic heterocycles. The molecular weight excluding hydrogens is 499 g/mol. The Kier molecular flexibility index (Phi) is 8.16. The Hall–Kier alpha value is -1.55. The van der Waals surface area contributed by atoms with Crippen LogP contribution < -0.4 is 14.8 Å². The van der Waals surface area contributed by atoms with Crippen LogP contribution >= 0.6 is 35.3 Å². The number of nitrogens with one attached hydrogen (secondary N) is 1. The van der Waals surface area contributed by atoms with Crippen molar-refractivity contribution in [3.63, 3.8) is 0 Å². The van der Waals surface area contributed by atoms with Gasteiger partial charge in [0.25, 0.3) is 0 Å². The maximum Gasteiger partial charge on any atom is 0.194 e. The van der Waals surface area contributed by atoms with Crippen LogP contribution in [0.5, 0.6) is 11.5 Å². The number of guanidine groups is 1. The van der Waals surface area contributed by atoms with Gasteiger partial charge in [0.15, 0.2) is 17.5 Å². The number of rotatable bonds is 4. The van der Waals surface area contributed by atoms with Crippen LogP contribution in [0.3, 0.4) is 0 Å². The number of aliphatic imine (C=N–C) groups is 1. The van der Waals surface area contributed by atoms with Crippen molar-refractivity contribution in [1.82, 2.24) is 15.2 Å². The van der Waals surface area contributed by atoms with Gasteiger partial charge in [-0.15, -0.1) is 35.3 Å². The van der Waals surface area contributed by atoms with E-state index in [0.29, 0.717) is 6.54 Å². The van der Waals surface area contributed by atoms with Crippen molar-refractivity contribution in [3.8, 4) is 11.5 Å². The Labute approximate surface area is 194 Å². The zero-order valence-corrected chi connectivity index (χ0v) is 21.2. The average Bonchev–Trinajstić information content (AvgIpc) is 3.16. The maximum atomic E-state index is 5.46. The molecule has 3 rings (SSSR count). The van der Waals surface area contributed by atoms with E-state index >= 15 is 0 Å². The number of aromatic nitrogens is 1. The quantitative estimate of drug-likeness (QED) is 0.365. The van der Waals surface area contributed by atoms with Gasteiger partial charge < -0.3 is 19.7 Å². The molecule has 2 heterocycles. The number of methoxy groups -OCH3 is 2. The Morgan fingerprint density at radius 2 is 1.86 bits per heavy atom. The fourth-order valence-electron chi connectivity index (χ4n) is 3.30. The van der Waals surface area contributed by atoms with Crippen LogP contribution in [-0.2, 0) is 24.9 Å². The summed E-state index contributed by atoms with van der Waals surface area (Å²) in [7, 11) is 5.17. The highest BCUT2D eigenvalue weighted by Gasteiger charge is 2.22. The molecule has 0 fully saturated rings. The van der Waals surface area contributed by atoms with Crippen LogP contribution in [0.25, 0.3) is 0 Å². The summed E-state index contributed by atoms with van der Waals surface area (Å²) in [6, 6.07) is 4.16. The first kappa shape index (κ1) is 23.7. The summed E-state index contributed by atoms with van der Waals surface area (Å²) < 4.78 is 10.9. The summed E-state index contributed by atoms with van der Waals surface area (Å²) in [5, 5.41) is 6.75. The fraction of sp³-hybridized carbons (Fsp3) is 0.524. The smallest absolute Gasteiger partial charge is 0.194 e. The first-order valence-corrected chi connectivity index (χ1v) is 10.4. The molecule has 0 unspecified atom stereocenters. The van der Waals surface area contributed by atoms with Gasteiger partial charge in [0.1, 0.15) is 0 Å². The molecule has 0 aliphatic carbocycles. The molecule has 0 saturated heterocycles. The largest absolute Gasteiger partial charge is 0.493 e. The number of ether oxygens (including phenoxy) is 2. The number of hydrogen-bond acceptors (Lipinski definition) is 5. The van der Waals surface area contributed by atoms with Crippen LogP contribution in [0.2, 0.25) is 0 Å². The summed E-state index contributed by atoms with van der Waals surface area (Å²) in [5.74, 6) is 2.45. The molecule has 0 spiro atoms. The third-order valence-corrected chi connectivity index (χ3v) is 6.17. The topological polar surface area (TPSA) is 59.0 Å². The van der Waals surface area contributed by atoms with E-state index in [1.807, 2.05) is 7.05 Å². The minimum absolute atomic E-state index is 0. The van der Waals surface area contributed by atoms with Crippen molar-refractivity contribution in [2.75, 3.05) is 27.8 Å². The molecule has 1 aliphatic rings. The second-order valence-electron chi connectivity index (χ2n) is 7.94. The molecule has 160 valence electrons. The Bertz CT molecular complexity index is 861. The van der Waals surface area contributed by atoms with Crippen molar-refractivity contribution >= 4 is 41.3 Å². The van der Waals surface area contributed by atoms with E-state index < -0.39 is 0 Å². The predicted octanol–water partition coefficient (Wildman–Crippen LogP) is 4.21. The molecule has 0 amide bonds. The Morgan fingerprint density at radius 3 is 2.41 bits per heavy atom. The van der Waals surface area contributed by atoms with Crippen molar-refractivity contribution in [2.24, 2.45) is 4.99 Å². The summed E-state index contributed by atoms with van der Waals surface area (Å²) in [6.07, 6.45) is 0.946. The third kappa shape index (κ3) is 5.53. The van der Waals surface area contributed by atoms with Gasteiger partial charge in [0.2, 0.25) is 0 Å². The first-order chi connectivity index (χ1) is 13.4. The van der Waals surface area contributed by atoms with Gasteiger partial charge in [-0.1, -0.05) is 20.8 Å². The zero-order chi connectivity index (χ0) is 20.3. The normalized spacial score (nSPS) is 14.1. The summed E-state index contributed by atoms with van der Waals surface area (Å²) >= 11 is 1.72. The molecule has 8 heteroatoms. The van der Waals surface area contributed by atoms with E-state index in [0.717, 1.165) is 47.7 Å². The second kappa shape index (κ2) is 9.97. The number of thiazole rings is 1. The van der Waals surface area contributed by atoms with Gasteiger partial charge in [-0.3, -0.25) is 4.99 Å². The van der Waals surface area contributed by atoms with Gasteiger partial charge in [-0.2, -0.15) is 0 Å². The molecule has 2 aromatic rings. The monoisotopic (exact) mass is 530 g/mol. The molecule has 0 atom stereocenters. The number of hydrogen-bond donors (Lipinski definition) is 1. The lowest BCUT2D eigenvalue weighted by atomic mass is 9.98. The van der Waals surface area contributed by atoms with Crippen LogP contribution in [-0.4, -0.2) is 43.7 Å².